The normalized spacial score (nSPS) is 28.0. The highest BCUT2D eigenvalue weighted by molar-refractivity contribution is 8.37. The van der Waals surface area contributed by atoms with Gasteiger partial charge in [0.25, 0.3) is 5.56 Å². The third kappa shape index (κ3) is 3.33. The molecule has 0 radical (unpaired) electrons. The first-order chi connectivity index (χ1) is 11.6. The minimum atomic E-state index is -1.18. The van der Waals surface area contributed by atoms with Gasteiger partial charge in [0.2, 0.25) is 5.95 Å². The highest BCUT2D eigenvalue weighted by atomic mass is 32.4. The molecule has 0 aliphatic carbocycles. The molecule has 0 bridgehead atoms. The summed E-state index contributed by atoms with van der Waals surface area (Å²) in [7, 11) is 5.08. The molecule has 0 aromatic carbocycles. The summed E-state index contributed by atoms with van der Waals surface area (Å²) in [6.45, 7) is 0.178. The van der Waals surface area contributed by atoms with Crippen molar-refractivity contribution >= 4 is 42.5 Å². The van der Waals surface area contributed by atoms with Crippen LogP contribution in [0.15, 0.2) is 11.1 Å². The number of H-pyrrole nitrogens is 1. The molecular weight excluding hydrogens is 375 g/mol. The molecule has 4 unspecified atom stereocenters. The van der Waals surface area contributed by atoms with E-state index in [0.29, 0.717) is 16.5 Å². The summed E-state index contributed by atoms with van der Waals surface area (Å²) in [6, 6.07) is 0. The Kier molecular flexibility index (Phi) is 5.78. The Morgan fingerprint density at radius 3 is 3.04 bits per heavy atom. The maximum atomic E-state index is 12.0. The van der Waals surface area contributed by atoms with Gasteiger partial charge in [0, 0.05) is 15.5 Å². The molecule has 0 spiro atoms. The molecule has 2 aromatic heterocycles. The van der Waals surface area contributed by atoms with Crippen LogP contribution in [0.5, 0.6) is 0 Å². The molecule has 10 nitrogen and oxygen atoms in total. The zero-order valence-electron chi connectivity index (χ0n) is 12.6. The Morgan fingerprint density at radius 2 is 2.33 bits per heavy atom. The van der Waals surface area contributed by atoms with Gasteiger partial charge >= 0.3 is 0 Å². The van der Waals surface area contributed by atoms with Crippen molar-refractivity contribution in [1.29, 1.82) is 0 Å². The molecule has 132 valence electrons. The van der Waals surface area contributed by atoms with Crippen molar-refractivity contribution in [3.05, 3.63) is 16.7 Å². The van der Waals surface area contributed by atoms with E-state index < -0.39 is 30.1 Å². The van der Waals surface area contributed by atoms with Crippen LogP contribution in [0.2, 0.25) is 0 Å². The monoisotopic (exact) mass is 393 g/mol. The van der Waals surface area contributed by atoms with Crippen molar-refractivity contribution in [2.24, 2.45) is 0 Å². The molecule has 1 aliphatic rings. The second-order valence-electron chi connectivity index (χ2n) is 5.09. The number of rotatable bonds is 6. The van der Waals surface area contributed by atoms with Crippen LogP contribution >= 0.6 is 25.4 Å². The number of aromatic amines is 1. The van der Waals surface area contributed by atoms with Gasteiger partial charge in [-0.25, -0.2) is 4.98 Å². The number of fused-ring (bicyclic) bond motifs is 1. The molecule has 7 atom stereocenters. The second kappa shape index (κ2) is 7.67. The predicted molar refractivity (Wildman–Crippen MR) is 95.9 cm³/mol. The van der Waals surface area contributed by atoms with Gasteiger partial charge < -0.3 is 24.8 Å². The number of anilines is 1. The average molecular weight is 393 g/mol. The lowest BCUT2D eigenvalue weighted by Gasteiger charge is -2.16. The van der Waals surface area contributed by atoms with Gasteiger partial charge in [-0.1, -0.05) is 7.96 Å². The Hall–Kier alpha value is -0.720. The van der Waals surface area contributed by atoms with Gasteiger partial charge in [0.05, 0.1) is 12.9 Å². The molecule has 24 heavy (non-hydrogen) atoms. The first kappa shape index (κ1) is 18.1. The molecule has 0 saturated carbocycles. The third-order valence-corrected chi connectivity index (χ3v) is 5.94. The van der Waals surface area contributed by atoms with Gasteiger partial charge in [-0.2, -0.15) is 4.98 Å². The maximum absolute atomic E-state index is 12.0. The van der Waals surface area contributed by atoms with Crippen LogP contribution in [0.25, 0.3) is 11.2 Å². The Labute approximate surface area is 142 Å². The van der Waals surface area contributed by atoms with E-state index in [1.54, 1.807) is 7.05 Å². The molecule has 1 saturated heterocycles. The fourth-order valence-corrected chi connectivity index (χ4v) is 4.07. The number of ether oxygens (including phenoxy) is 1. The number of nitrogens with one attached hydrogen (secondary N) is 2. The minimum Gasteiger partial charge on any atom is -0.387 e. The molecule has 4 N–H and O–H groups in total. The highest BCUT2D eigenvalue weighted by Gasteiger charge is 2.44. The standard InChI is InChI=1S/C11H18N5O5P3/c1-12-11-14-8-5(9(19)15-11)13-3-16(8)10-7(18)6(17)4(21-10)2-20-23-24-22/h3-4,6-7,10,17-18,23-24H,2,22H2,1H3,(H2,12,14,15,19)/t4-,6+,7?,10-/m1/s1. The lowest BCUT2D eigenvalue weighted by atomic mass is 10.1. The smallest absolute Gasteiger partial charge is 0.280 e. The van der Waals surface area contributed by atoms with Crippen molar-refractivity contribution < 1.29 is 19.5 Å². The van der Waals surface area contributed by atoms with E-state index in [4.69, 9.17) is 9.26 Å². The number of aliphatic hydroxyl groups excluding tert-OH is 2. The van der Waals surface area contributed by atoms with Crippen molar-refractivity contribution in [3.8, 4) is 0 Å². The first-order valence-corrected chi connectivity index (χ1v) is 11.8. The zero-order chi connectivity index (χ0) is 17.3. The van der Waals surface area contributed by atoms with Crippen LogP contribution in [0.4, 0.5) is 5.95 Å². The van der Waals surface area contributed by atoms with Gasteiger partial charge in [-0.15, -0.1) is 8.93 Å². The Morgan fingerprint density at radius 1 is 1.54 bits per heavy atom. The van der Waals surface area contributed by atoms with Gasteiger partial charge in [-0.05, 0) is 0 Å². The fourth-order valence-electron chi connectivity index (χ4n) is 2.49. The quantitative estimate of drug-likeness (QED) is 0.391. The maximum Gasteiger partial charge on any atom is 0.280 e. The number of hydrogen-bond acceptors (Lipinski definition) is 8. The minimum absolute atomic E-state index is 0.129. The molecule has 1 aliphatic heterocycles. The Balaban J connectivity index is 1.90. The van der Waals surface area contributed by atoms with Crippen molar-refractivity contribution in [3.63, 3.8) is 0 Å². The summed E-state index contributed by atoms with van der Waals surface area (Å²) in [4.78, 5) is 22.8. The number of aliphatic hydroxyl groups is 2. The first-order valence-electron chi connectivity index (χ1n) is 7.05. The summed E-state index contributed by atoms with van der Waals surface area (Å²) < 4.78 is 12.6. The second-order valence-corrected chi connectivity index (χ2v) is 9.95. The molecule has 1 fully saturated rings. The van der Waals surface area contributed by atoms with Crippen LogP contribution in [0.3, 0.4) is 0 Å². The summed E-state index contributed by atoms with van der Waals surface area (Å²) in [6.07, 6.45) is -2.49. The summed E-state index contributed by atoms with van der Waals surface area (Å²) in [5, 5.41) is 23.2. The number of hydrogen-bond donors (Lipinski definition) is 4. The van der Waals surface area contributed by atoms with Crippen LogP contribution in [0.1, 0.15) is 6.23 Å². The molecule has 2 aromatic rings. The zero-order valence-corrected chi connectivity index (χ0v) is 15.8. The molecule has 3 heterocycles. The van der Waals surface area contributed by atoms with E-state index in [0.717, 1.165) is 0 Å². The van der Waals surface area contributed by atoms with Crippen molar-refractivity contribution in [2.45, 2.75) is 24.5 Å². The average Bonchev–Trinajstić information content (AvgIpc) is 3.11. The molecular formula is C11H18N5O5P3. The van der Waals surface area contributed by atoms with Gasteiger partial charge in [-0.3, -0.25) is 14.3 Å². The number of aromatic nitrogens is 4. The lowest BCUT2D eigenvalue weighted by Crippen LogP contribution is -2.33. The van der Waals surface area contributed by atoms with Gasteiger partial charge in [0.15, 0.2) is 17.4 Å². The topological polar surface area (TPSA) is 135 Å². The summed E-state index contributed by atoms with van der Waals surface area (Å²) in [5.74, 6) is 0.268. The van der Waals surface area contributed by atoms with Crippen molar-refractivity contribution in [2.75, 3.05) is 19.0 Å². The summed E-state index contributed by atoms with van der Waals surface area (Å²) in [5.41, 5.74) is -0.0161. The third-order valence-electron chi connectivity index (χ3n) is 3.66. The van der Waals surface area contributed by atoms with Crippen LogP contribution in [-0.4, -0.2) is 61.7 Å². The number of nitrogens with zero attached hydrogens (tertiary/aromatic N) is 3. The van der Waals surface area contributed by atoms with E-state index >= 15 is 0 Å². The molecule has 3 rings (SSSR count). The van der Waals surface area contributed by atoms with Crippen LogP contribution in [-0.2, 0) is 9.26 Å². The SMILES string of the molecule is CNc1nc2c(ncn2[C@@H]2O[C@H](COPPP)[C@H](O)C2O)c(=O)[nH]1. The predicted octanol–water partition coefficient (Wildman–Crippen LogP) is -0.226. The molecule has 13 heteroatoms. The van der Waals surface area contributed by atoms with E-state index in [-0.39, 0.29) is 23.7 Å². The molecule has 0 amide bonds. The largest absolute Gasteiger partial charge is 0.387 e. The lowest BCUT2D eigenvalue weighted by molar-refractivity contribution is -0.0456. The van der Waals surface area contributed by atoms with E-state index in [1.165, 1.54) is 10.9 Å². The van der Waals surface area contributed by atoms with E-state index in [1.807, 2.05) is 0 Å². The van der Waals surface area contributed by atoms with Crippen molar-refractivity contribution in [1.82, 2.24) is 19.5 Å². The van der Waals surface area contributed by atoms with Gasteiger partial charge in [0.1, 0.15) is 18.3 Å². The highest BCUT2D eigenvalue weighted by Crippen LogP contribution is 2.44. The van der Waals surface area contributed by atoms with Crippen LogP contribution < -0.4 is 10.9 Å². The Bertz CT molecular complexity index is 770. The van der Waals surface area contributed by atoms with Crippen LogP contribution in [0, 0.1) is 0 Å². The van der Waals surface area contributed by atoms with E-state index in [2.05, 4.69) is 29.2 Å². The fraction of sp³-hybridized carbons (Fsp3) is 0.545. The summed E-state index contributed by atoms with van der Waals surface area (Å²) >= 11 is 0. The number of imidazole rings is 1. The van der Waals surface area contributed by atoms with E-state index in [9.17, 15) is 15.0 Å².